The number of hydrogen-bond donors (Lipinski definition) is 1. The molecule has 0 bridgehead atoms. The SMILES string of the molecule is C/C(=C\C(=O)O[C@@H](CC(=O)O)C[N+](C)(C)C)CCC[C@H](C)CCC[C@H](C)CCCC(C)C. The minimum Gasteiger partial charge on any atom is -0.481 e. The molecule has 0 aliphatic carbocycles. The van der Waals surface area contributed by atoms with Gasteiger partial charge in [0.25, 0.3) is 0 Å². The number of rotatable bonds is 18. The summed E-state index contributed by atoms with van der Waals surface area (Å²) in [6.07, 6.45) is 11.8. The highest BCUT2D eigenvalue weighted by Gasteiger charge is 2.24. The van der Waals surface area contributed by atoms with E-state index in [1.165, 1.54) is 51.0 Å². The van der Waals surface area contributed by atoms with E-state index in [0.29, 0.717) is 16.9 Å². The van der Waals surface area contributed by atoms with Crippen LogP contribution in [0.15, 0.2) is 11.6 Å². The molecule has 0 spiro atoms. The van der Waals surface area contributed by atoms with Gasteiger partial charge in [-0.3, -0.25) is 4.79 Å². The molecule has 0 aliphatic heterocycles. The van der Waals surface area contributed by atoms with Gasteiger partial charge in [0.1, 0.15) is 6.54 Å². The Labute approximate surface area is 198 Å². The molecule has 0 aromatic heterocycles. The van der Waals surface area contributed by atoms with E-state index >= 15 is 0 Å². The van der Waals surface area contributed by atoms with E-state index in [2.05, 4.69) is 27.7 Å². The summed E-state index contributed by atoms with van der Waals surface area (Å²) in [4.78, 5) is 23.3. The lowest BCUT2D eigenvalue weighted by Gasteiger charge is -2.28. The first-order valence-corrected chi connectivity index (χ1v) is 12.7. The van der Waals surface area contributed by atoms with Gasteiger partial charge in [-0.15, -0.1) is 0 Å². The molecule has 1 N–H and O–H groups in total. The zero-order valence-corrected chi connectivity index (χ0v) is 22.3. The zero-order chi connectivity index (χ0) is 24.7. The molecule has 0 fully saturated rings. The number of carbonyl (C=O) groups is 2. The van der Waals surface area contributed by atoms with E-state index in [1.54, 1.807) is 0 Å². The van der Waals surface area contributed by atoms with Crippen LogP contribution in [0.2, 0.25) is 0 Å². The second kappa shape index (κ2) is 16.3. The monoisotopic (exact) mass is 454 g/mol. The van der Waals surface area contributed by atoms with Gasteiger partial charge in [0.05, 0.1) is 27.6 Å². The molecule has 0 radical (unpaired) electrons. The van der Waals surface area contributed by atoms with E-state index in [4.69, 9.17) is 9.84 Å². The summed E-state index contributed by atoms with van der Waals surface area (Å²) in [7, 11) is 5.87. The first-order valence-electron chi connectivity index (χ1n) is 12.7. The second-order valence-corrected chi connectivity index (χ2v) is 11.5. The maximum Gasteiger partial charge on any atom is 0.331 e. The highest BCUT2D eigenvalue weighted by atomic mass is 16.5. The molecular weight excluding hydrogens is 402 g/mol. The standard InChI is InChI=1S/C27H51NO4/c1-21(2)12-9-13-22(3)14-10-15-23(4)16-11-17-24(5)18-27(31)32-25(19-26(29)30)20-28(6,7)8/h18,21-23,25H,9-17,19-20H2,1-8H3/p+1/b24-18+/t22-,23-,25+/m1/s1. The fourth-order valence-electron chi connectivity index (χ4n) is 4.13. The van der Waals surface area contributed by atoms with E-state index in [9.17, 15) is 9.59 Å². The maximum atomic E-state index is 12.2. The number of allylic oxidation sites excluding steroid dienone is 1. The molecule has 3 atom stereocenters. The Morgan fingerprint density at radius 2 is 1.38 bits per heavy atom. The highest BCUT2D eigenvalue weighted by molar-refractivity contribution is 5.83. The lowest BCUT2D eigenvalue weighted by molar-refractivity contribution is -0.873. The molecule has 0 aromatic rings. The number of ether oxygens (including phenoxy) is 1. The first-order chi connectivity index (χ1) is 14.8. The summed E-state index contributed by atoms with van der Waals surface area (Å²) in [5, 5.41) is 9.08. The predicted octanol–water partition coefficient (Wildman–Crippen LogP) is 6.46. The number of aliphatic carboxylic acids is 1. The average molecular weight is 455 g/mol. The minimum absolute atomic E-state index is 0.165. The van der Waals surface area contributed by atoms with Crippen molar-refractivity contribution in [3.05, 3.63) is 11.6 Å². The summed E-state index contributed by atoms with van der Waals surface area (Å²) in [5.41, 5.74) is 1.00. The molecule has 5 nitrogen and oxygen atoms in total. The van der Waals surface area contributed by atoms with Crippen molar-refractivity contribution < 1.29 is 23.9 Å². The quantitative estimate of drug-likeness (QED) is 0.147. The van der Waals surface area contributed by atoms with E-state index in [0.717, 1.165) is 30.3 Å². The van der Waals surface area contributed by atoms with Crippen LogP contribution in [0.4, 0.5) is 0 Å². The van der Waals surface area contributed by atoms with Crippen LogP contribution >= 0.6 is 0 Å². The van der Waals surface area contributed by atoms with Gasteiger partial charge >= 0.3 is 11.9 Å². The van der Waals surface area contributed by atoms with Gasteiger partial charge in [0.15, 0.2) is 6.10 Å². The molecule has 0 unspecified atom stereocenters. The van der Waals surface area contributed by atoms with Crippen LogP contribution in [0.5, 0.6) is 0 Å². The van der Waals surface area contributed by atoms with Gasteiger partial charge in [-0.05, 0) is 37.5 Å². The van der Waals surface area contributed by atoms with Gasteiger partial charge in [0, 0.05) is 6.08 Å². The van der Waals surface area contributed by atoms with Gasteiger partial charge in [-0.2, -0.15) is 0 Å². The Balaban J connectivity index is 4.19. The maximum absolute atomic E-state index is 12.2. The Kier molecular flexibility index (Phi) is 15.6. The Morgan fingerprint density at radius 1 is 0.875 bits per heavy atom. The number of quaternary nitrogens is 1. The lowest BCUT2D eigenvalue weighted by atomic mass is 9.91. The summed E-state index contributed by atoms with van der Waals surface area (Å²) in [6.45, 7) is 11.7. The second-order valence-electron chi connectivity index (χ2n) is 11.5. The number of esters is 1. The minimum atomic E-state index is -0.948. The molecule has 5 heteroatoms. The fourth-order valence-corrected chi connectivity index (χ4v) is 4.13. The number of carboxylic acid groups (broad SMARTS) is 1. The zero-order valence-electron chi connectivity index (χ0n) is 22.3. The van der Waals surface area contributed by atoms with Crippen molar-refractivity contribution in [1.82, 2.24) is 0 Å². The Bertz CT molecular complexity index is 562. The Hall–Kier alpha value is -1.36. The molecule has 0 aromatic carbocycles. The smallest absolute Gasteiger partial charge is 0.331 e. The van der Waals surface area contributed by atoms with Gasteiger partial charge < -0.3 is 14.3 Å². The number of likely N-dealkylation sites (N-methyl/N-ethyl adjacent to an activating group) is 1. The summed E-state index contributed by atoms with van der Waals surface area (Å²) < 4.78 is 5.98. The first kappa shape index (κ1) is 30.6. The molecule has 32 heavy (non-hydrogen) atoms. The molecule has 0 rings (SSSR count). The molecule has 0 saturated carbocycles. The molecule has 0 amide bonds. The van der Waals surface area contributed by atoms with Crippen molar-refractivity contribution >= 4 is 11.9 Å². The van der Waals surface area contributed by atoms with Gasteiger partial charge in [-0.25, -0.2) is 4.79 Å². The number of carbonyl (C=O) groups excluding carboxylic acids is 1. The van der Waals surface area contributed by atoms with Crippen molar-refractivity contribution in [2.24, 2.45) is 17.8 Å². The molecule has 0 heterocycles. The number of carboxylic acids is 1. The van der Waals surface area contributed by atoms with E-state index in [-0.39, 0.29) is 6.42 Å². The van der Waals surface area contributed by atoms with Gasteiger partial charge in [-0.1, -0.05) is 78.2 Å². The third-order valence-corrected chi connectivity index (χ3v) is 5.94. The normalized spacial score (nSPS) is 15.5. The molecule has 188 valence electrons. The topological polar surface area (TPSA) is 63.6 Å². The van der Waals surface area contributed by atoms with Crippen LogP contribution in [-0.2, 0) is 14.3 Å². The summed E-state index contributed by atoms with van der Waals surface area (Å²) in [5.74, 6) is 0.981. The molecular formula is C27H52NO4+. The van der Waals surface area contributed by atoms with Gasteiger partial charge in [0.2, 0.25) is 0 Å². The van der Waals surface area contributed by atoms with E-state index < -0.39 is 18.0 Å². The molecule has 0 saturated heterocycles. The fraction of sp³-hybridized carbons (Fsp3) is 0.852. The van der Waals surface area contributed by atoms with Crippen molar-refractivity contribution in [1.29, 1.82) is 0 Å². The van der Waals surface area contributed by atoms with Crippen LogP contribution in [0.25, 0.3) is 0 Å². The number of nitrogens with zero attached hydrogens (tertiary/aromatic N) is 1. The highest BCUT2D eigenvalue weighted by Crippen LogP contribution is 2.22. The van der Waals surface area contributed by atoms with Crippen molar-refractivity contribution in [2.45, 2.75) is 105 Å². The molecule has 0 aliphatic rings. The third-order valence-electron chi connectivity index (χ3n) is 5.94. The average Bonchev–Trinajstić information content (AvgIpc) is 2.58. The largest absolute Gasteiger partial charge is 0.481 e. The van der Waals surface area contributed by atoms with Crippen molar-refractivity contribution in [3.63, 3.8) is 0 Å². The van der Waals surface area contributed by atoms with Crippen LogP contribution in [-0.4, -0.2) is 55.3 Å². The predicted molar refractivity (Wildman–Crippen MR) is 134 cm³/mol. The summed E-state index contributed by atoms with van der Waals surface area (Å²) >= 11 is 0. The van der Waals surface area contributed by atoms with Crippen molar-refractivity contribution in [3.8, 4) is 0 Å². The van der Waals surface area contributed by atoms with Crippen LogP contribution in [0.3, 0.4) is 0 Å². The van der Waals surface area contributed by atoms with Crippen molar-refractivity contribution in [2.75, 3.05) is 27.7 Å². The third kappa shape index (κ3) is 19.3. The van der Waals surface area contributed by atoms with Crippen LogP contribution < -0.4 is 0 Å². The Morgan fingerprint density at radius 3 is 1.84 bits per heavy atom. The van der Waals surface area contributed by atoms with Crippen LogP contribution in [0.1, 0.15) is 98.8 Å². The lowest BCUT2D eigenvalue weighted by Crippen LogP contribution is -2.43. The number of hydrogen-bond acceptors (Lipinski definition) is 3. The van der Waals surface area contributed by atoms with E-state index in [1.807, 2.05) is 28.1 Å². The van der Waals surface area contributed by atoms with Crippen LogP contribution in [0, 0.1) is 17.8 Å². The summed E-state index contributed by atoms with van der Waals surface area (Å²) in [6, 6.07) is 0.